The quantitative estimate of drug-likeness (QED) is 0.830. The topological polar surface area (TPSA) is 63.2 Å². The van der Waals surface area contributed by atoms with Crippen molar-refractivity contribution in [1.29, 1.82) is 0 Å². The van der Waals surface area contributed by atoms with Crippen molar-refractivity contribution >= 4 is 20.8 Å². The Kier molecular flexibility index (Phi) is 6.13. The molecule has 0 heterocycles. The average Bonchev–Trinajstić information content (AvgIpc) is 2.59. The maximum Gasteiger partial charge on any atom is 0.225 e. The van der Waals surface area contributed by atoms with Crippen LogP contribution < -0.4 is 4.72 Å². The van der Waals surface area contributed by atoms with Gasteiger partial charge in [-0.1, -0.05) is 48.5 Å². The molecule has 0 amide bonds. The minimum absolute atomic E-state index is 0.105. The number of hydrogen-bond acceptors (Lipinski definition) is 3. The van der Waals surface area contributed by atoms with Crippen molar-refractivity contribution in [3.05, 3.63) is 66.2 Å². The maximum absolute atomic E-state index is 15.2. The van der Waals surface area contributed by atoms with Gasteiger partial charge >= 0.3 is 0 Å². The first-order chi connectivity index (χ1) is 11.6. The van der Waals surface area contributed by atoms with Crippen molar-refractivity contribution in [1.82, 2.24) is 4.72 Å². The fourth-order valence-corrected chi connectivity index (χ4v) is 4.45. The molecule has 25 heavy (non-hydrogen) atoms. The third kappa shape index (κ3) is 4.74. The number of alkyl halides is 1. The molecule has 0 aromatic heterocycles. The van der Waals surface area contributed by atoms with E-state index in [4.69, 9.17) is 0 Å². The van der Waals surface area contributed by atoms with Gasteiger partial charge in [0.25, 0.3) is 0 Å². The second kappa shape index (κ2) is 7.76. The summed E-state index contributed by atoms with van der Waals surface area (Å²) in [6, 6.07) is 14.6. The van der Waals surface area contributed by atoms with Gasteiger partial charge in [0.2, 0.25) is 15.3 Å². The van der Waals surface area contributed by atoms with Crippen molar-refractivity contribution < 1.29 is 17.0 Å². The van der Waals surface area contributed by atoms with Crippen molar-refractivity contribution in [3.8, 4) is 0 Å². The Labute approximate surface area is 151 Å². The van der Waals surface area contributed by atoms with Crippen LogP contribution in [0.15, 0.2) is 65.6 Å². The number of rotatable bonds is 6. The van der Waals surface area contributed by atoms with Gasteiger partial charge in [0, 0.05) is 0 Å². The molecule has 2 rings (SSSR count). The molecule has 4 nitrogen and oxygen atoms in total. The average molecular weight is 384 g/mol. The third-order valence-corrected chi connectivity index (χ3v) is 6.95. The normalized spacial score (nSPS) is 16.2. The number of hydrogen-bond donors (Lipinski definition) is 1. The molecule has 0 fully saturated rings. The molecular weight excluding hydrogens is 361 g/mol. The van der Waals surface area contributed by atoms with E-state index in [0.29, 0.717) is 5.56 Å². The van der Waals surface area contributed by atoms with Crippen LogP contribution in [0.1, 0.15) is 32.4 Å². The van der Waals surface area contributed by atoms with Crippen LogP contribution in [0.25, 0.3) is 0 Å². The summed E-state index contributed by atoms with van der Waals surface area (Å²) in [7, 11) is -5.88. The molecule has 0 aliphatic heterocycles. The molecule has 2 aromatic carbocycles. The number of sulfone groups is 1. The Morgan fingerprint density at radius 3 is 1.92 bits per heavy atom. The lowest BCUT2D eigenvalue weighted by atomic mass is 10.1. The Hall–Kier alpha value is -1.57. The van der Waals surface area contributed by atoms with Crippen LogP contribution in [0.2, 0.25) is 0 Å². The standard InChI is InChI=1S/C18H22FNO3S2/c1-18(2,3)24(21)20-16(14-10-6-4-7-11-14)17(19)25(22,23)15-12-8-5-9-13-15/h4-13,16-17,20H,1-3H3/t16-,17-,24?/m0/s1. The zero-order valence-corrected chi connectivity index (χ0v) is 16.0. The predicted octanol–water partition coefficient (Wildman–Crippen LogP) is 3.55. The second-order valence-corrected chi connectivity index (χ2v) is 10.6. The molecule has 7 heteroatoms. The first-order valence-electron chi connectivity index (χ1n) is 7.80. The van der Waals surface area contributed by atoms with Gasteiger partial charge in [-0.05, 0) is 38.5 Å². The summed E-state index contributed by atoms with van der Waals surface area (Å²) >= 11 is 0. The molecule has 0 radical (unpaired) electrons. The van der Waals surface area contributed by atoms with E-state index >= 15 is 4.39 Å². The summed E-state index contributed by atoms with van der Waals surface area (Å²) in [5, 5.41) is 0. The molecule has 2 aromatic rings. The Bertz CT molecular complexity index is 818. The van der Waals surface area contributed by atoms with Crippen molar-refractivity contribution in [3.63, 3.8) is 0 Å². The minimum Gasteiger partial charge on any atom is -0.242 e. The Balaban J connectivity index is 2.43. The van der Waals surface area contributed by atoms with Crippen LogP contribution in [0.4, 0.5) is 4.39 Å². The van der Waals surface area contributed by atoms with Crippen LogP contribution in [0.5, 0.6) is 0 Å². The lowest BCUT2D eigenvalue weighted by molar-refractivity contribution is 0.354. The zero-order chi connectivity index (χ0) is 18.7. The van der Waals surface area contributed by atoms with E-state index in [2.05, 4.69) is 4.72 Å². The summed E-state index contributed by atoms with van der Waals surface area (Å²) in [6.45, 7) is 5.20. The first-order valence-corrected chi connectivity index (χ1v) is 10.5. The number of benzene rings is 2. The zero-order valence-electron chi connectivity index (χ0n) is 14.3. The summed E-state index contributed by atoms with van der Waals surface area (Å²) in [5.41, 5.74) is -1.85. The third-order valence-electron chi connectivity index (χ3n) is 3.58. The van der Waals surface area contributed by atoms with Crippen LogP contribution >= 0.6 is 0 Å². The van der Waals surface area contributed by atoms with E-state index in [9.17, 15) is 12.6 Å². The van der Waals surface area contributed by atoms with E-state index in [1.54, 1.807) is 57.2 Å². The largest absolute Gasteiger partial charge is 0.242 e. The predicted molar refractivity (Wildman–Crippen MR) is 98.7 cm³/mol. The van der Waals surface area contributed by atoms with Gasteiger partial charge in [-0.15, -0.1) is 0 Å². The highest BCUT2D eigenvalue weighted by Gasteiger charge is 2.38. The van der Waals surface area contributed by atoms with Crippen LogP contribution in [-0.2, 0) is 20.8 Å². The first kappa shape index (κ1) is 19.8. The van der Waals surface area contributed by atoms with Crippen molar-refractivity contribution in [2.24, 2.45) is 0 Å². The molecule has 0 saturated heterocycles. The summed E-state index contributed by atoms with van der Waals surface area (Å²) in [5.74, 6) is 0. The molecule has 1 N–H and O–H groups in total. The molecule has 0 spiro atoms. The fraction of sp³-hybridized carbons (Fsp3) is 0.333. The smallest absolute Gasteiger partial charge is 0.225 e. The molecule has 0 aliphatic rings. The van der Waals surface area contributed by atoms with Gasteiger partial charge in [-0.25, -0.2) is 21.7 Å². The molecule has 1 unspecified atom stereocenters. The highest BCUT2D eigenvalue weighted by Crippen LogP contribution is 2.29. The van der Waals surface area contributed by atoms with Crippen LogP contribution in [0.3, 0.4) is 0 Å². The van der Waals surface area contributed by atoms with Gasteiger partial charge in [0.1, 0.15) is 0 Å². The van der Waals surface area contributed by atoms with E-state index in [-0.39, 0.29) is 4.90 Å². The Morgan fingerprint density at radius 1 is 0.960 bits per heavy atom. The summed E-state index contributed by atoms with van der Waals surface area (Å²) < 4.78 is 55.0. The highest BCUT2D eigenvalue weighted by molar-refractivity contribution is 7.92. The molecule has 0 saturated carbocycles. The van der Waals surface area contributed by atoms with Gasteiger partial charge in [-0.2, -0.15) is 0 Å². The van der Waals surface area contributed by atoms with Crippen molar-refractivity contribution in [2.75, 3.05) is 0 Å². The fourth-order valence-electron chi connectivity index (χ4n) is 2.14. The van der Waals surface area contributed by atoms with Gasteiger partial charge < -0.3 is 0 Å². The summed E-state index contributed by atoms with van der Waals surface area (Å²) in [4.78, 5) is -0.105. The lowest BCUT2D eigenvalue weighted by Gasteiger charge is -2.26. The molecule has 0 bridgehead atoms. The number of nitrogens with one attached hydrogen (secondary N) is 1. The molecular formula is C18H22FNO3S2. The second-order valence-electron chi connectivity index (χ2n) is 6.60. The van der Waals surface area contributed by atoms with Gasteiger partial charge in [0.15, 0.2) is 0 Å². The molecule has 3 atom stereocenters. The minimum atomic E-state index is -4.24. The van der Waals surface area contributed by atoms with E-state index < -0.39 is 37.1 Å². The van der Waals surface area contributed by atoms with Gasteiger partial charge in [-0.3, -0.25) is 0 Å². The SMILES string of the molecule is CC(C)(C)S(=O)N[C@@H](c1ccccc1)[C@@H](F)S(=O)(=O)c1ccccc1. The summed E-state index contributed by atoms with van der Waals surface area (Å²) in [6.07, 6.45) is 0. The molecule has 136 valence electrons. The molecule has 0 aliphatic carbocycles. The van der Waals surface area contributed by atoms with E-state index in [1.807, 2.05) is 0 Å². The van der Waals surface area contributed by atoms with Crippen LogP contribution in [-0.4, -0.2) is 22.9 Å². The lowest BCUT2D eigenvalue weighted by Crippen LogP contribution is -2.41. The van der Waals surface area contributed by atoms with Crippen LogP contribution in [0, 0.1) is 0 Å². The Morgan fingerprint density at radius 2 is 1.44 bits per heavy atom. The van der Waals surface area contributed by atoms with Gasteiger partial charge in [0.05, 0.1) is 26.7 Å². The maximum atomic E-state index is 15.2. The monoisotopic (exact) mass is 383 g/mol. The van der Waals surface area contributed by atoms with E-state index in [1.165, 1.54) is 24.3 Å². The van der Waals surface area contributed by atoms with Crippen molar-refractivity contribution in [2.45, 2.75) is 42.0 Å². The number of halogens is 1. The van der Waals surface area contributed by atoms with E-state index in [0.717, 1.165) is 0 Å². The highest BCUT2D eigenvalue weighted by atomic mass is 32.2.